The predicted molar refractivity (Wildman–Crippen MR) is 62.9 cm³/mol. The molecule has 1 aromatic rings. The van der Waals surface area contributed by atoms with Gasteiger partial charge in [0.05, 0.1) is 6.20 Å². The van der Waals surface area contributed by atoms with Crippen LogP contribution in [0.1, 0.15) is 38.7 Å². The molecular weight excluding hydrogens is 203 g/mol. The summed E-state index contributed by atoms with van der Waals surface area (Å²) in [5.74, 6) is -0.249. The van der Waals surface area contributed by atoms with Crippen molar-refractivity contribution in [3.8, 4) is 0 Å². The van der Waals surface area contributed by atoms with Gasteiger partial charge in [-0.25, -0.2) is 4.39 Å². The van der Waals surface area contributed by atoms with Crippen LogP contribution in [0.25, 0.3) is 0 Å². The molecular formula is C13H19FN2. The second-order valence-corrected chi connectivity index (χ2v) is 5.25. The lowest BCUT2D eigenvalue weighted by Crippen LogP contribution is -2.26. The van der Waals surface area contributed by atoms with Crippen molar-refractivity contribution >= 4 is 0 Å². The van der Waals surface area contributed by atoms with E-state index in [4.69, 9.17) is 0 Å². The summed E-state index contributed by atoms with van der Waals surface area (Å²) in [7, 11) is 0. The normalized spacial score (nSPS) is 16.4. The topological polar surface area (TPSA) is 24.9 Å². The molecule has 2 nitrogen and oxygen atoms in total. The van der Waals surface area contributed by atoms with E-state index < -0.39 is 0 Å². The molecule has 0 aromatic carbocycles. The average Bonchev–Trinajstić information content (AvgIpc) is 3.01. The summed E-state index contributed by atoms with van der Waals surface area (Å²) in [6.45, 7) is 5.27. The van der Waals surface area contributed by atoms with Crippen molar-refractivity contribution in [2.24, 2.45) is 0 Å². The van der Waals surface area contributed by atoms with Crippen molar-refractivity contribution in [1.82, 2.24) is 10.3 Å². The largest absolute Gasteiger partial charge is 0.314 e. The van der Waals surface area contributed by atoms with Crippen molar-refractivity contribution < 1.29 is 4.39 Å². The molecule has 16 heavy (non-hydrogen) atoms. The summed E-state index contributed by atoms with van der Waals surface area (Å²) in [4.78, 5) is 3.91. The molecule has 0 saturated heterocycles. The molecule has 0 radical (unpaired) electrons. The van der Waals surface area contributed by atoms with Gasteiger partial charge < -0.3 is 5.32 Å². The highest BCUT2D eigenvalue weighted by Crippen LogP contribution is 2.27. The maximum absolute atomic E-state index is 13.1. The number of pyridine rings is 1. The van der Waals surface area contributed by atoms with Gasteiger partial charge in [0.1, 0.15) is 5.82 Å². The van der Waals surface area contributed by atoms with E-state index in [1.165, 1.54) is 19.0 Å². The van der Waals surface area contributed by atoms with Crippen LogP contribution in [0.5, 0.6) is 0 Å². The zero-order chi connectivity index (χ0) is 11.6. The number of nitrogens with zero attached hydrogens (tertiary/aromatic N) is 1. The van der Waals surface area contributed by atoms with Crippen LogP contribution in [0.4, 0.5) is 4.39 Å². The summed E-state index contributed by atoms with van der Waals surface area (Å²) in [6.07, 6.45) is 6.64. The zero-order valence-electron chi connectivity index (χ0n) is 9.96. The lowest BCUT2D eigenvalue weighted by atomic mass is 9.82. The Morgan fingerprint density at radius 3 is 2.81 bits per heavy atom. The number of hydrogen-bond acceptors (Lipinski definition) is 2. The summed E-state index contributed by atoms with van der Waals surface area (Å²) in [5.41, 5.74) is 0.960. The van der Waals surface area contributed by atoms with Crippen LogP contribution >= 0.6 is 0 Å². The highest BCUT2D eigenvalue weighted by atomic mass is 19.1. The fourth-order valence-corrected chi connectivity index (χ4v) is 1.80. The Hall–Kier alpha value is -0.960. The molecule has 0 amide bonds. The second kappa shape index (κ2) is 4.50. The summed E-state index contributed by atoms with van der Waals surface area (Å²) >= 11 is 0. The van der Waals surface area contributed by atoms with Crippen LogP contribution in [-0.4, -0.2) is 17.6 Å². The first-order chi connectivity index (χ1) is 7.58. The summed E-state index contributed by atoms with van der Waals surface area (Å²) in [6, 6.07) is 2.32. The SMILES string of the molecule is CC(C)(CCNC1CC1)c1cncc(F)c1. The smallest absolute Gasteiger partial charge is 0.141 e. The molecule has 0 aliphatic heterocycles. The van der Waals surface area contributed by atoms with E-state index >= 15 is 0 Å². The molecule has 1 heterocycles. The van der Waals surface area contributed by atoms with Gasteiger partial charge in [0.2, 0.25) is 0 Å². The monoisotopic (exact) mass is 222 g/mol. The first-order valence-electron chi connectivity index (χ1n) is 5.92. The lowest BCUT2D eigenvalue weighted by molar-refractivity contribution is 0.451. The van der Waals surface area contributed by atoms with E-state index in [1.807, 2.05) is 0 Å². The van der Waals surface area contributed by atoms with Gasteiger partial charge in [-0.1, -0.05) is 13.8 Å². The molecule has 0 spiro atoms. The third-order valence-electron chi connectivity index (χ3n) is 3.25. The summed E-state index contributed by atoms with van der Waals surface area (Å²) < 4.78 is 13.1. The van der Waals surface area contributed by atoms with Crippen molar-refractivity contribution in [1.29, 1.82) is 0 Å². The fourth-order valence-electron chi connectivity index (χ4n) is 1.80. The first-order valence-corrected chi connectivity index (χ1v) is 5.92. The van der Waals surface area contributed by atoms with Gasteiger partial charge in [0, 0.05) is 12.2 Å². The van der Waals surface area contributed by atoms with Crippen molar-refractivity contribution in [3.63, 3.8) is 0 Å². The highest BCUT2D eigenvalue weighted by Gasteiger charge is 2.24. The molecule has 0 atom stereocenters. The molecule has 0 unspecified atom stereocenters. The van der Waals surface area contributed by atoms with Crippen LogP contribution in [0.15, 0.2) is 18.5 Å². The Morgan fingerprint density at radius 1 is 1.44 bits per heavy atom. The molecule has 1 fully saturated rings. The quantitative estimate of drug-likeness (QED) is 0.828. The number of hydrogen-bond donors (Lipinski definition) is 1. The van der Waals surface area contributed by atoms with Crippen LogP contribution in [0.2, 0.25) is 0 Å². The van der Waals surface area contributed by atoms with Gasteiger partial charge >= 0.3 is 0 Å². The Bertz CT molecular complexity index is 359. The van der Waals surface area contributed by atoms with Gasteiger partial charge in [0.15, 0.2) is 0 Å². The van der Waals surface area contributed by atoms with Crippen molar-refractivity contribution in [2.45, 2.75) is 44.6 Å². The third-order valence-corrected chi connectivity index (χ3v) is 3.25. The van der Waals surface area contributed by atoms with Gasteiger partial charge in [-0.15, -0.1) is 0 Å². The standard InChI is InChI=1S/C13H19FN2/c1-13(2,5-6-16-12-3-4-12)10-7-11(14)9-15-8-10/h7-9,12,16H,3-6H2,1-2H3. The Morgan fingerprint density at radius 2 is 2.19 bits per heavy atom. The van der Waals surface area contributed by atoms with Gasteiger partial charge in [0.25, 0.3) is 0 Å². The number of halogens is 1. The van der Waals surface area contributed by atoms with Crippen molar-refractivity contribution in [3.05, 3.63) is 29.8 Å². The predicted octanol–water partition coefficient (Wildman–Crippen LogP) is 2.64. The minimum absolute atomic E-state index is 0.0169. The first kappa shape index (κ1) is 11.5. The molecule has 1 N–H and O–H groups in total. The third kappa shape index (κ3) is 3.01. The highest BCUT2D eigenvalue weighted by molar-refractivity contribution is 5.20. The van der Waals surface area contributed by atoms with Gasteiger partial charge in [-0.3, -0.25) is 4.98 Å². The Kier molecular flexibility index (Phi) is 3.24. The van der Waals surface area contributed by atoms with Crippen molar-refractivity contribution in [2.75, 3.05) is 6.54 Å². The van der Waals surface area contributed by atoms with E-state index in [0.29, 0.717) is 0 Å². The number of nitrogens with one attached hydrogen (secondary N) is 1. The Labute approximate surface area is 96.3 Å². The Balaban J connectivity index is 1.93. The second-order valence-electron chi connectivity index (χ2n) is 5.25. The molecule has 1 aliphatic rings. The van der Waals surface area contributed by atoms with E-state index in [2.05, 4.69) is 24.1 Å². The molecule has 1 saturated carbocycles. The van der Waals surface area contributed by atoms with Gasteiger partial charge in [-0.05, 0) is 42.9 Å². The summed E-state index contributed by atoms with van der Waals surface area (Å²) in [5, 5.41) is 3.48. The van der Waals surface area contributed by atoms with Crippen LogP contribution < -0.4 is 5.32 Å². The maximum Gasteiger partial charge on any atom is 0.141 e. The molecule has 1 aromatic heterocycles. The average molecular weight is 222 g/mol. The minimum Gasteiger partial charge on any atom is -0.314 e. The van der Waals surface area contributed by atoms with E-state index in [-0.39, 0.29) is 11.2 Å². The number of rotatable bonds is 5. The van der Waals surface area contributed by atoms with E-state index in [0.717, 1.165) is 24.6 Å². The molecule has 0 bridgehead atoms. The fraction of sp³-hybridized carbons (Fsp3) is 0.615. The van der Waals surface area contributed by atoms with E-state index in [9.17, 15) is 4.39 Å². The van der Waals surface area contributed by atoms with E-state index in [1.54, 1.807) is 12.3 Å². The minimum atomic E-state index is -0.249. The molecule has 88 valence electrons. The van der Waals surface area contributed by atoms with Crippen LogP contribution in [0, 0.1) is 5.82 Å². The molecule has 3 heteroatoms. The zero-order valence-corrected chi connectivity index (χ0v) is 9.96. The van der Waals surface area contributed by atoms with Crippen LogP contribution in [0.3, 0.4) is 0 Å². The lowest BCUT2D eigenvalue weighted by Gasteiger charge is -2.25. The van der Waals surface area contributed by atoms with Crippen LogP contribution in [-0.2, 0) is 5.41 Å². The molecule has 1 aliphatic carbocycles. The number of aromatic nitrogens is 1. The molecule has 2 rings (SSSR count). The van der Waals surface area contributed by atoms with Gasteiger partial charge in [-0.2, -0.15) is 0 Å². The maximum atomic E-state index is 13.1.